The van der Waals surface area contributed by atoms with Crippen molar-refractivity contribution in [2.24, 2.45) is 0 Å². The minimum Gasteiger partial charge on any atom is -0.494 e. The van der Waals surface area contributed by atoms with E-state index in [4.69, 9.17) is 9.47 Å². The van der Waals surface area contributed by atoms with E-state index in [1.54, 1.807) is 17.0 Å². The number of rotatable bonds is 10. The summed E-state index contributed by atoms with van der Waals surface area (Å²) in [6.07, 6.45) is 0.0752. The normalized spacial score (nSPS) is 10.6. The average Bonchev–Trinajstić information content (AvgIpc) is 3.37. The molecule has 0 radical (unpaired) electrons. The number of anilines is 1. The summed E-state index contributed by atoms with van der Waals surface area (Å²) in [5, 5.41) is 17.0. The number of hydrogen-bond donors (Lipinski definition) is 1. The number of amides is 1. The summed E-state index contributed by atoms with van der Waals surface area (Å²) in [5.41, 5.74) is 1.32. The Bertz CT molecular complexity index is 989. The fraction of sp³-hybridized carbons (Fsp3) is 0.333. The van der Waals surface area contributed by atoms with Crippen molar-refractivity contribution < 1.29 is 19.1 Å². The summed E-state index contributed by atoms with van der Waals surface area (Å²) in [5.74, 6) is 0.258. The van der Waals surface area contributed by atoms with Gasteiger partial charge < -0.3 is 14.8 Å². The standard InChI is InChI=1S/C18H20N6O4S2/c1-3-27-14-7-5-13(6-8-14)24-18(21-22-23-24)30-11-15(25)20-17-19-12(10-29-17)9-16(26)28-4-2/h5-8,10H,3-4,9,11H2,1-2H3,(H,19,20,25). The number of aromatic nitrogens is 5. The topological polar surface area (TPSA) is 121 Å². The maximum Gasteiger partial charge on any atom is 0.311 e. The van der Waals surface area contributed by atoms with Crippen LogP contribution < -0.4 is 10.1 Å². The van der Waals surface area contributed by atoms with Gasteiger partial charge in [-0.15, -0.1) is 16.4 Å². The third kappa shape index (κ3) is 6.00. The van der Waals surface area contributed by atoms with Crippen LogP contribution in [0.15, 0.2) is 34.8 Å². The maximum atomic E-state index is 12.3. The molecule has 0 bridgehead atoms. The van der Waals surface area contributed by atoms with Gasteiger partial charge in [0.05, 0.1) is 36.8 Å². The molecule has 1 aromatic carbocycles. The summed E-state index contributed by atoms with van der Waals surface area (Å²) in [6, 6.07) is 7.34. The predicted octanol–water partition coefficient (Wildman–Crippen LogP) is 2.35. The van der Waals surface area contributed by atoms with Crippen molar-refractivity contribution in [1.82, 2.24) is 25.2 Å². The summed E-state index contributed by atoms with van der Waals surface area (Å²) < 4.78 is 11.9. The van der Waals surface area contributed by atoms with E-state index in [1.807, 2.05) is 31.2 Å². The highest BCUT2D eigenvalue weighted by atomic mass is 32.2. The van der Waals surface area contributed by atoms with E-state index in [0.29, 0.717) is 29.2 Å². The first-order valence-electron chi connectivity index (χ1n) is 9.13. The van der Waals surface area contributed by atoms with Crippen molar-refractivity contribution in [1.29, 1.82) is 0 Å². The molecule has 12 heteroatoms. The molecular weight excluding hydrogens is 428 g/mol. The van der Waals surface area contributed by atoms with Crippen LogP contribution >= 0.6 is 23.1 Å². The first-order valence-corrected chi connectivity index (χ1v) is 11.0. The van der Waals surface area contributed by atoms with Crippen molar-refractivity contribution in [2.45, 2.75) is 25.4 Å². The van der Waals surface area contributed by atoms with Gasteiger partial charge >= 0.3 is 5.97 Å². The number of nitrogens with one attached hydrogen (secondary N) is 1. The molecule has 0 aliphatic rings. The summed E-state index contributed by atoms with van der Waals surface area (Å²) in [6.45, 7) is 4.57. The fourth-order valence-electron chi connectivity index (χ4n) is 2.37. The molecule has 30 heavy (non-hydrogen) atoms. The zero-order valence-electron chi connectivity index (χ0n) is 16.4. The van der Waals surface area contributed by atoms with Crippen LogP contribution in [0.5, 0.6) is 5.75 Å². The molecule has 3 aromatic rings. The first-order chi connectivity index (χ1) is 14.6. The molecule has 0 aliphatic heterocycles. The molecule has 0 unspecified atom stereocenters. The Morgan fingerprint density at radius 3 is 2.73 bits per heavy atom. The maximum absolute atomic E-state index is 12.3. The number of benzene rings is 1. The van der Waals surface area contributed by atoms with Crippen LogP contribution in [0.3, 0.4) is 0 Å². The second-order valence-electron chi connectivity index (χ2n) is 5.76. The number of thioether (sulfide) groups is 1. The molecule has 158 valence electrons. The lowest BCUT2D eigenvalue weighted by Crippen LogP contribution is -2.15. The van der Waals surface area contributed by atoms with Gasteiger partial charge in [-0.1, -0.05) is 11.8 Å². The van der Waals surface area contributed by atoms with Crippen LogP contribution in [0.2, 0.25) is 0 Å². The average molecular weight is 449 g/mol. The molecule has 2 aromatic heterocycles. The van der Waals surface area contributed by atoms with E-state index < -0.39 is 0 Å². The lowest BCUT2D eigenvalue weighted by molar-refractivity contribution is -0.142. The zero-order chi connectivity index (χ0) is 21.3. The molecule has 1 N–H and O–H groups in total. The predicted molar refractivity (Wildman–Crippen MR) is 112 cm³/mol. The van der Waals surface area contributed by atoms with Gasteiger partial charge in [-0.05, 0) is 48.5 Å². The molecule has 2 heterocycles. The number of ether oxygens (including phenoxy) is 2. The van der Waals surface area contributed by atoms with Crippen molar-refractivity contribution in [3.63, 3.8) is 0 Å². The monoisotopic (exact) mass is 448 g/mol. The van der Waals surface area contributed by atoms with Crippen LogP contribution in [-0.2, 0) is 20.7 Å². The third-order valence-corrected chi connectivity index (χ3v) is 5.32. The number of tetrazole rings is 1. The van der Waals surface area contributed by atoms with Crippen molar-refractivity contribution in [3.8, 4) is 11.4 Å². The van der Waals surface area contributed by atoms with E-state index in [1.165, 1.54) is 23.1 Å². The lowest BCUT2D eigenvalue weighted by atomic mass is 10.3. The Balaban J connectivity index is 1.54. The number of nitrogens with zero attached hydrogens (tertiary/aromatic N) is 5. The van der Waals surface area contributed by atoms with Crippen LogP contribution in [0.25, 0.3) is 5.69 Å². The molecule has 0 atom stereocenters. The van der Waals surface area contributed by atoms with Gasteiger partial charge in [-0.2, -0.15) is 4.68 Å². The Morgan fingerprint density at radius 2 is 2.00 bits per heavy atom. The SMILES string of the molecule is CCOC(=O)Cc1csc(NC(=O)CSc2nnnn2-c2ccc(OCC)cc2)n1. The zero-order valence-corrected chi connectivity index (χ0v) is 18.0. The minimum atomic E-state index is -0.350. The van der Waals surface area contributed by atoms with Gasteiger partial charge in [-0.25, -0.2) is 4.98 Å². The van der Waals surface area contributed by atoms with Gasteiger partial charge in [0.15, 0.2) is 5.13 Å². The summed E-state index contributed by atoms with van der Waals surface area (Å²) >= 11 is 2.45. The van der Waals surface area contributed by atoms with Crippen molar-refractivity contribution in [2.75, 3.05) is 24.3 Å². The molecule has 0 aliphatic carbocycles. The van der Waals surface area contributed by atoms with Crippen LogP contribution in [-0.4, -0.2) is 56.0 Å². The Hall–Kier alpha value is -2.99. The first kappa shape index (κ1) is 21.7. The molecule has 1 amide bonds. The second kappa shape index (κ2) is 10.7. The summed E-state index contributed by atoms with van der Waals surface area (Å²) in [7, 11) is 0. The van der Waals surface area contributed by atoms with Crippen molar-refractivity contribution >= 4 is 40.1 Å². The number of hydrogen-bond acceptors (Lipinski definition) is 10. The molecule has 10 nitrogen and oxygen atoms in total. The highest BCUT2D eigenvalue weighted by Gasteiger charge is 2.14. The van der Waals surface area contributed by atoms with Gasteiger partial charge in [0.25, 0.3) is 0 Å². The highest BCUT2D eigenvalue weighted by molar-refractivity contribution is 7.99. The van der Waals surface area contributed by atoms with Gasteiger partial charge in [-0.3, -0.25) is 9.59 Å². The number of carbonyl (C=O) groups excluding carboxylic acids is 2. The molecular formula is C18H20N6O4S2. The molecule has 0 spiro atoms. The lowest BCUT2D eigenvalue weighted by Gasteiger charge is -2.06. The minimum absolute atomic E-state index is 0.0752. The van der Waals surface area contributed by atoms with Crippen LogP contribution in [0, 0.1) is 0 Å². The van der Waals surface area contributed by atoms with Crippen molar-refractivity contribution in [3.05, 3.63) is 35.3 Å². The fourth-order valence-corrected chi connectivity index (χ4v) is 3.79. The van der Waals surface area contributed by atoms with Gasteiger partial charge in [0.1, 0.15) is 5.75 Å². The summed E-state index contributed by atoms with van der Waals surface area (Å²) in [4.78, 5) is 28.0. The number of carbonyl (C=O) groups is 2. The number of esters is 1. The third-order valence-electron chi connectivity index (χ3n) is 3.59. The van der Waals surface area contributed by atoms with E-state index in [2.05, 4.69) is 25.8 Å². The van der Waals surface area contributed by atoms with E-state index in [9.17, 15) is 9.59 Å². The molecule has 3 rings (SSSR count). The Kier molecular flexibility index (Phi) is 7.74. The number of thiazole rings is 1. The van der Waals surface area contributed by atoms with Gasteiger partial charge in [0.2, 0.25) is 11.1 Å². The quantitative estimate of drug-likeness (QED) is 0.368. The Morgan fingerprint density at radius 1 is 1.20 bits per heavy atom. The van der Waals surface area contributed by atoms with Crippen LogP contribution in [0.1, 0.15) is 19.5 Å². The largest absolute Gasteiger partial charge is 0.494 e. The second-order valence-corrected chi connectivity index (χ2v) is 7.56. The Labute approximate surface area is 181 Å². The van der Waals surface area contributed by atoms with Gasteiger partial charge in [0, 0.05) is 5.38 Å². The van der Waals surface area contributed by atoms with Crippen LogP contribution in [0.4, 0.5) is 5.13 Å². The molecule has 0 saturated carbocycles. The van der Waals surface area contributed by atoms with E-state index >= 15 is 0 Å². The van der Waals surface area contributed by atoms with E-state index in [0.717, 1.165) is 11.4 Å². The molecule has 0 fully saturated rings. The van der Waals surface area contributed by atoms with E-state index in [-0.39, 0.29) is 24.1 Å². The highest BCUT2D eigenvalue weighted by Crippen LogP contribution is 2.21. The smallest absolute Gasteiger partial charge is 0.311 e. The molecule has 0 saturated heterocycles.